The number of anilines is 1. The molecule has 1 heterocycles. The molecule has 0 aromatic heterocycles. The van der Waals surface area contributed by atoms with Crippen LogP contribution in [-0.4, -0.2) is 19.0 Å². The zero-order chi connectivity index (χ0) is 11.4. The Morgan fingerprint density at radius 3 is 3.12 bits per heavy atom. The number of carbonyl (C=O) groups is 1. The maximum atomic E-state index is 11.2. The molecule has 0 aliphatic carbocycles. The Kier molecular flexibility index (Phi) is 3.37. The first kappa shape index (κ1) is 10.9. The van der Waals surface area contributed by atoms with Gasteiger partial charge in [-0.1, -0.05) is 18.7 Å². The molecular formula is C13H16N2O. The number of rotatable bonds is 3. The Morgan fingerprint density at radius 1 is 1.56 bits per heavy atom. The molecule has 3 nitrogen and oxygen atoms in total. The molecular weight excluding hydrogens is 200 g/mol. The van der Waals surface area contributed by atoms with Crippen molar-refractivity contribution in [1.29, 1.82) is 0 Å². The van der Waals surface area contributed by atoms with Crippen LogP contribution < -0.4 is 10.6 Å². The molecule has 1 amide bonds. The quantitative estimate of drug-likeness (QED) is 0.757. The predicted molar refractivity (Wildman–Crippen MR) is 65.5 cm³/mol. The molecule has 1 aliphatic rings. The van der Waals surface area contributed by atoms with Crippen molar-refractivity contribution < 1.29 is 4.79 Å². The van der Waals surface area contributed by atoms with Crippen LogP contribution in [0.5, 0.6) is 0 Å². The molecule has 84 valence electrons. The molecule has 3 heteroatoms. The SMILES string of the molecule is C=CC(=O)Nc1cccc(C2CCNC2)c1. The van der Waals surface area contributed by atoms with Gasteiger partial charge in [0, 0.05) is 12.2 Å². The monoisotopic (exact) mass is 216 g/mol. The lowest BCUT2D eigenvalue weighted by molar-refractivity contribution is -0.111. The van der Waals surface area contributed by atoms with Crippen LogP contribution in [-0.2, 0) is 4.79 Å². The summed E-state index contributed by atoms with van der Waals surface area (Å²) in [6.07, 6.45) is 2.45. The van der Waals surface area contributed by atoms with Gasteiger partial charge in [0.05, 0.1) is 0 Å². The van der Waals surface area contributed by atoms with E-state index < -0.39 is 0 Å². The van der Waals surface area contributed by atoms with Crippen molar-refractivity contribution in [3.05, 3.63) is 42.5 Å². The zero-order valence-electron chi connectivity index (χ0n) is 9.20. The molecule has 1 aromatic carbocycles. The fourth-order valence-corrected chi connectivity index (χ4v) is 2.00. The second-order valence-corrected chi connectivity index (χ2v) is 4.01. The number of nitrogens with one attached hydrogen (secondary N) is 2. The van der Waals surface area contributed by atoms with Crippen molar-refractivity contribution in [3.63, 3.8) is 0 Å². The number of hydrogen-bond donors (Lipinski definition) is 2. The maximum absolute atomic E-state index is 11.2. The van der Waals surface area contributed by atoms with Gasteiger partial charge in [-0.3, -0.25) is 4.79 Å². The van der Waals surface area contributed by atoms with Gasteiger partial charge in [0.15, 0.2) is 0 Å². The second kappa shape index (κ2) is 4.94. The average molecular weight is 216 g/mol. The molecule has 2 rings (SSSR count). The molecule has 1 aromatic rings. The lowest BCUT2D eigenvalue weighted by Crippen LogP contribution is -2.09. The molecule has 1 aliphatic heterocycles. The molecule has 0 radical (unpaired) electrons. The Morgan fingerprint density at radius 2 is 2.44 bits per heavy atom. The molecule has 1 fully saturated rings. The van der Waals surface area contributed by atoms with Gasteiger partial charge in [-0.15, -0.1) is 0 Å². The van der Waals surface area contributed by atoms with E-state index in [0.717, 1.165) is 18.8 Å². The Bertz CT molecular complexity index is 395. The minimum atomic E-state index is -0.165. The van der Waals surface area contributed by atoms with E-state index in [9.17, 15) is 4.79 Å². The van der Waals surface area contributed by atoms with Gasteiger partial charge in [0.2, 0.25) is 5.91 Å². The molecule has 1 unspecified atom stereocenters. The first-order chi connectivity index (χ1) is 7.79. The third-order valence-electron chi connectivity index (χ3n) is 2.87. The van der Waals surface area contributed by atoms with Crippen LogP contribution in [0.25, 0.3) is 0 Å². The van der Waals surface area contributed by atoms with Crippen LogP contribution in [0.4, 0.5) is 5.69 Å². The Balaban J connectivity index is 2.12. The fourth-order valence-electron chi connectivity index (χ4n) is 2.00. The van der Waals surface area contributed by atoms with Crippen LogP contribution in [0.1, 0.15) is 17.9 Å². The van der Waals surface area contributed by atoms with Crippen molar-refractivity contribution >= 4 is 11.6 Å². The van der Waals surface area contributed by atoms with Gasteiger partial charge in [0.25, 0.3) is 0 Å². The lowest BCUT2D eigenvalue weighted by Gasteiger charge is -2.10. The van der Waals surface area contributed by atoms with Gasteiger partial charge in [-0.2, -0.15) is 0 Å². The highest BCUT2D eigenvalue weighted by molar-refractivity contribution is 5.98. The lowest BCUT2D eigenvalue weighted by atomic mass is 9.98. The minimum Gasteiger partial charge on any atom is -0.323 e. The van der Waals surface area contributed by atoms with Crippen molar-refractivity contribution in [2.24, 2.45) is 0 Å². The third kappa shape index (κ3) is 2.49. The van der Waals surface area contributed by atoms with Gasteiger partial charge in [0.1, 0.15) is 0 Å². The Labute approximate surface area is 95.6 Å². The summed E-state index contributed by atoms with van der Waals surface area (Å²) in [4.78, 5) is 11.2. The molecule has 2 N–H and O–H groups in total. The summed E-state index contributed by atoms with van der Waals surface area (Å²) < 4.78 is 0. The van der Waals surface area contributed by atoms with Crippen LogP contribution in [0.2, 0.25) is 0 Å². The second-order valence-electron chi connectivity index (χ2n) is 4.01. The van der Waals surface area contributed by atoms with Gasteiger partial charge < -0.3 is 10.6 Å². The summed E-state index contributed by atoms with van der Waals surface area (Å²) in [7, 11) is 0. The van der Waals surface area contributed by atoms with Crippen molar-refractivity contribution in [2.75, 3.05) is 18.4 Å². The molecule has 0 saturated carbocycles. The smallest absolute Gasteiger partial charge is 0.247 e. The van der Waals surface area contributed by atoms with Crippen molar-refractivity contribution in [3.8, 4) is 0 Å². The van der Waals surface area contributed by atoms with E-state index >= 15 is 0 Å². The zero-order valence-corrected chi connectivity index (χ0v) is 9.20. The van der Waals surface area contributed by atoms with E-state index in [4.69, 9.17) is 0 Å². The van der Waals surface area contributed by atoms with Crippen molar-refractivity contribution in [1.82, 2.24) is 5.32 Å². The molecule has 1 atom stereocenters. The topological polar surface area (TPSA) is 41.1 Å². The van der Waals surface area contributed by atoms with Crippen molar-refractivity contribution in [2.45, 2.75) is 12.3 Å². The number of benzene rings is 1. The van der Waals surface area contributed by atoms with Crippen LogP contribution in [0, 0.1) is 0 Å². The van der Waals surface area contributed by atoms with Crippen LogP contribution in [0.15, 0.2) is 36.9 Å². The average Bonchev–Trinajstić information content (AvgIpc) is 2.83. The molecule has 16 heavy (non-hydrogen) atoms. The highest BCUT2D eigenvalue weighted by atomic mass is 16.1. The summed E-state index contributed by atoms with van der Waals surface area (Å²) in [5.41, 5.74) is 2.13. The first-order valence-electron chi connectivity index (χ1n) is 5.53. The van der Waals surface area contributed by atoms with Gasteiger partial charge in [-0.05, 0) is 42.7 Å². The number of carbonyl (C=O) groups excluding carboxylic acids is 1. The van der Waals surface area contributed by atoms with E-state index in [1.54, 1.807) is 0 Å². The standard InChI is InChI=1S/C13H16N2O/c1-2-13(16)15-12-5-3-4-10(8-12)11-6-7-14-9-11/h2-5,8,11,14H,1,6-7,9H2,(H,15,16). The summed E-state index contributed by atoms with van der Waals surface area (Å²) in [6.45, 7) is 5.54. The predicted octanol–water partition coefficient (Wildman–Crippen LogP) is 1.89. The highest BCUT2D eigenvalue weighted by Crippen LogP contribution is 2.24. The third-order valence-corrected chi connectivity index (χ3v) is 2.87. The number of amides is 1. The molecule has 0 bridgehead atoms. The van der Waals surface area contributed by atoms with E-state index in [1.807, 2.05) is 18.2 Å². The summed E-state index contributed by atoms with van der Waals surface area (Å²) >= 11 is 0. The van der Waals surface area contributed by atoms with Gasteiger partial charge >= 0.3 is 0 Å². The van der Waals surface area contributed by atoms with E-state index in [-0.39, 0.29) is 5.91 Å². The largest absolute Gasteiger partial charge is 0.323 e. The van der Waals surface area contributed by atoms with E-state index in [0.29, 0.717) is 5.92 Å². The minimum absolute atomic E-state index is 0.165. The number of hydrogen-bond acceptors (Lipinski definition) is 2. The highest BCUT2D eigenvalue weighted by Gasteiger charge is 2.16. The molecule has 0 spiro atoms. The summed E-state index contributed by atoms with van der Waals surface area (Å²) in [5.74, 6) is 0.405. The molecule has 1 saturated heterocycles. The van der Waals surface area contributed by atoms with Crippen LogP contribution >= 0.6 is 0 Å². The van der Waals surface area contributed by atoms with Crippen LogP contribution in [0.3, 0.4) is 0 Å². The maximum Gasteiger partial charge on any atom is 0.247 e. The normalized spacial score (nSPS) is 19.4. The Hall–Kier alpha value is -1.61. The summed E-state index contributed by atoms with van der Waals surface area (Å²) in [6, 6.07) is 8.03. The van der Waals surface area contributed by atoms with E-state index in [1.165, 1.54) is 18.1 Å². The fraction of sp³-hybridized carbons (Fsp3) is 0.308. The van der Waals surface area contributed by atoms with E-state index in [2.05, 4.69) is 23.3 Å². The van der Waals surface area contributed by atoms with Gasteiger partial charge in [-0.25, -0.2) is 0 Å². The first-order valence-corrected chi connectivity index (χ1v) is 5.53. The summed E-state index contributed by atoms with van der Waals surface area (Å²) in [5, 5.41) is 6.12.